The minimum absolute atomic E-state index is 0.0954. The number of nitrogens with one attached hydrogen (secondary N) is 1. The summed E-state index contributed by atoms with van der Waals surface area (Å²) in [5.41, 5.74) is 1.54. The molecular weight excluding hydrogens is 252 g/mol. The van der Waals surface area contributed by atoms with Gasteiger partial charge in [-0.15, -0.1) is 0 Å². The van der Waals surface area contributed by atoms with Crippen LogP contribution in [-0.2, 0) is 16.1 Å². The summed E-state index contributed by atoms with van der Waals surface area (Å²) in [6.45, 7) is 6.22. The van der Waals surface area contributed by atoms with Gasteiger partial charge in [0, 0.05) is 31.4 Å². The third kappa shape index (κ3) is 2.34. The molecule has 0 aromatic heterocycles. The number of ether oxygens (including phenoxy) is 1. The smallest absolute Gasteiger partial charge is 0.258 e. The second kappa shape index (κ2) is 5.19. The lowest BCUT2D eigenvalue weighted by Gasteiger charge is -2.32. The number of nitrogens with zero attached hydrogens (tertiary/aromatic N) is 1. The molecule has 2 aliphatic heterocycles. The highest BCUT2D eigenvalue weighted by molar-refractivity contribution is 6.00. The van der Waals surface area contributed by atoms with Crippen LogP contribution in [0.4, 0.5) is 5.69 Å². The van der Waals surface area contributed by atoms with Gasteiger partial charge >= 0.3 is 0 Å². The fraction of sp³-hybridized carbons (Fsp3) is 0.562. The van der Waals surface area contributed by atoms with Crippen LogP contribution >= 0.6 is 0 Å². The van der Waals surface area contributed by atoms with E-state index >= 15 is 0 Å². The van der Waals surface area contributed by atoms with Crippen molar-refractivity contribution in [1.82, 2.24) is 5.32 Å². The van der Waals surface area contributed by atoms with Gasteiger partial charge in [0.25, 0.3) is 5.91 Å². The number of rotatable bonds is 1. The molecule has 1 fully saturated rings. The van der Waals surface area contributed by atoms with Crippen molar-refractivity contribution in [3.63, 3.8) is 0 Å². The second-order valence-corrected chi connectivity index (χ2v) is 6.01. The fourth-order valence-electron chi connectivity index (χ4n) is 3.07. The molecule has 1 N–H and O–H groups in total. The molecule has 2 atom stereocenters. The molecule has 3 rings (SSSR count). The number of anilines is 1. The van der Waals surface area contributed by atoms with Crippen LogP contribution in [0.1, 0.15) is 32.3 Å². The standard InChI is InChI=1S/C16H22N2O2/c1-12-11-18(15(19)16(2)8-5-9-20-16)14-7-4-3-6-13(14)10-17-12/h3-4,6-7,12,17H,5,8-11H2,1-2H3. The lowest BCUT2D eigenvalue weighted by atomic mass is 10.00. The maximum atomic E-state index is 13.0. The zero-order valence-electron chi connectivity index (χ0n) is 12.2. The molecule has 20 heavy (non-hydrogen) atoms. The topological polar surface area (TPSA) is 41.6 Å². The number of amides is 1. The Morgan fingerprint density at radius 3 is 3.00 bits per heavy atom. The first kappa shape index (κ1) is 13.6. The quantitative estimate of drug-likeness (QED) is 0.852. The first-order valence-electron chi connectivity index (χ1n) is 7.37. The highest BCUT2D eigenvalue weighted by Crippen LogP contribution is 2.32. The Balaban J connectivity index is 1.96. The van der Waals surface area contributed by atoms with Crippen molar-refractivity contribution in [2.45, 2.75) is 44.9 Å². The number of carbonyl (C=O) groups is 1. The normalized spacial score (nSPS) is 29.9. The van der Waals surface area contributed by atoms with Gasteiger partial charge in [-0.25, -0.2) is 0 Å². The van der Waals surface area contributed by atoms with Crippen molar-refractivity contribution in [2.75, 3.05) is 18.1 Å². The Morgan fingerprint density at radius 1 is 1.45 bits per heavy atom. The molecule has 4 nitrogen and oxygen atoms in total. The van der Waals surface area contributed by atoms with Crippen LogP contribution in [0, 0.1) is 0 Å². The van der Waals surface area contributed by atoms with E-state index in [-0.39, 0.29) is 11.9 Å². The molecular formula is C16H22N2O2. The molecule has 2 unspecified atom stereocenters. The molecule has 1 aromatic rings. The van der Waals surface area contributed by atoms with Crippen LogP contribution in [0.3, 0.4) is 0 Å². The van der Waals surface area contributed by atoms with E-state index in [0.717, 1.165) is 25.1 Å². The molecule has 4 heteroatoms. The van der Waals surface area contributed by atoms with Gasteiger partial charge in [0.2, 0.25) is 0 Å². The summed E-state index contributed by atoms with van der Waals surface area (Å²) < 4.78 is 5.73. The molecule has 0 saturated carbocycles. The number of carbonyl (C=O) groups excluding carboxylic acids is 1. The fourth-order valence-corrected chi connectivity index (χ4v) is 3.07. The van der Waals surface area contributed by atoms with Crippen LogP contribution in [0.15, 0.2) is 24.3 Å². The van der Waals surface area contributed by atoms with E-state index in [1.54, 1.807) is 0 Å². The van der Waals surface area contributed by atoms with Crippen molar-refractivity contribution in [3.05, 3.63) is 29.8 Å². The summed E-state index contributed by atoms with van der Waals surface area (Å²) in [6, 6.07) is 8.40. The molecule has 2 heterocycles. The Bertz CT molecular complexity index is 509. The predicted octanol–water partition coefficient (Wildman–Crippen LogP) is 2.08. The molecule has 0 spiro atoms. The molecule has 1 saturated heterocycles. The SMILES string of the molecule is CC1CN(C(=O)C2(C)CCCO2)c2ccccc2CN1. The van der Waals surface area contributed by atoms with Crippen LogP contribution in [0.5, 0.6) is 0 Å². The molecule has 108 valence electrons. The Kier molecular flexibility index (Phi) is 3.52. The molecule has 1 amide bonds. The summed E-state index contributed by atoms with van der Waals surface area (Å²) in [7, 11) is 0. The molecule has 0 aliphatic carbocycles. The van der Waals surface area contributed by atoms with Crippen molar-refractivity contribution in [2.24, 2.45) is 0 Å². The van der Waals surface area contributed by atoms with E-state index in [1.165, 1.54) is 5.56 Å². The van der Waals surface area contributed by atoms with E-state index in [2.05, 4.69) is 18.3 Å². The van der Waals surface area contributed by atoms with Crippen LogP contribution in [0.25, 0.3) is 0 Å². The predicted molar refractivity (Wildman–Crippen MR) is 78.7 cm³/mol. The van der Waals surface area contributed by atoms with E-state index in [1.807, 2.05) is 30.0 Å². The summed E-state index contributed by atoms with van der Waals surface area (Å²) in [4.78, 5) is 14.9. The van der Waals surface area contributed by atoms with Gasteiger partial charge < -0.3 is 15.0 Å². The van der Waals surface area contributed by atoms with Gasteiger partial charge in [-0.1, -0.05) is 18.2 Å². The first-order chi connectivity index (χ1) is 9.60. The van der Waals surface area contributed by atoms with E-state index in [0.29, 0.717) is 13.2 Å². The van der Waals surface area contributed by atoms with Gasteiger partial charge in [0.15, 0.2) is 0 Å². The van der Waals surface area contributed by atoms with Gasteiger partial charge in [0.05, 0.1) is 0 Å². The molecule has 0 bridgehead atoms. The maximum Gasteiger partial charge on any atom is 0.258 e. The highest BCUT2D eigenvalue weighted by Gasteiger charge is 2.42. The van der Waals surface area contributed by atoms with Gasteiger partial charge in [-0.3, -0.25) is 4.79 Å². The Hall–Kier alpha value is -1.39. The van der Waals surface area contributed by atoms with Crippen LogP contribution in [0.2, 0.25) is 0 Å². The van der Waals surface area contributed by atoms with Gasteiger partial charge in [-0.2, -0.15) is 0 Å². The Morgan fingerprint density at radius 2 is 2.25 bits per heavy atom. The Labute approximate surface area is 120 Å². The van der Waals surface area contributed by atoms with Crippen molar-refractivity contribution in [3.8, 4) is 0 Å². The minimum atomic E-state index is -0.656. The maximum absolute atomic E-state index is 13.0. The van der Waals surface area contributed by atoms with Crippen molar-refractivity contribution < 1.29 is 9.53 Å². The van der Waals surface area contributed by atoms with Crippen LogP contribution < -0.4 is 10.2 Å². The average molecular weight is 274 g/mol. The zero-order valence-corrected chi connectivity index (χ0v) is 12.2. The van der Waals surface area contributed by atoms with Gasteiger partial charge in [-0.05, 0) is 38.3 Å². The summed E-state index contributed by atoms with van der Waals surface area (Å²) in [5.74, 6) is 0.0954. The number of para-hydroxylation sites is 1. The van der Waals surface area contributed by atoms with Crippen molar-refractivity contribution in [1.29, 1.82) is 0 Å². The van der Waals surface area contributed by atoms with E-state index < -0.39 is 5.60 Å². The minimum Gasteiger partial charge on any atom is -0.365 e. The van der Waals surface area contributed by atoms with E-state index in [4.69, 9.17) is 4.74 Å². The number of fused-ring (bicyclic) bond motifs is 1. The average Bonchev–Trinajstić information content (AvgIpc) is 2.83. The van der Waals surface area contributed by atoms with Gasteiger partial charge in [0.1, 0.15) is 5.60 Å². The summed E-state index contributed by atoms with van der Waals surface area (Å²) in [5, 5.41) is 3.45. The molecule has 2 aliphatic rings. The number of benzene rings is 1. The lowest BCUT2D eigenvalue weighted by Crippen LogP contribution is -2.50. The summed E-state index contributed by atoms with van der Waals surface area (Å²) in [6.07, 6.45) is 1.78. The van der Waals surface area contributed by atoms with E-state index in [9.17, 15) is 4.79 Å². The summed E-state index contributed by atoms with van der Waals surface area (Å²) >= 11 is 0. The molecule has 0 radical (unpaired) electrons. The number of hydrogen-bond donors (Lipinski definition) is 1. The third-order valence-electron chi connectivity index (χ3n) is 4.30. The van der Waals surface area contributed by atoms with Crippen LogP contribution in [-0.4, -0.2) is 30.7 Å². The molecule has 1 aromatic carbocycles. The monoisotopic (exact) mass is 274 g/mol. The van der Waals surface area contributed by atoms with Crippen molar-refractivity contribution >= 4 is 11.6 Å². The largest absolute Gasteiger partial charge is 0.365 e. The second-order valence-electron chi connectivity index (χ2n) is 6.01. The first-order valence-corrected chi connectivity index (χ1v) is 7.37. The number of hydrogen-bond acceptors (Lipinski definition) is 3. The third-order valence-corrected chi connectivity index (χ3v) is 4.30. The lowest BCUT2D eigenvalue weighted by molar-refractivity contribution is -0.136. The highest BCUT2D eigenvalue weighted by atomic mass is 16.5. The zero-order chi connectivity index (χ0) is 14.2.